The fourth-order valence-electron chi connectivity index (χ4n) is 3.55. The Morgan fingerprint density at radius 3 is 2.58 bits per heavy atom. The molecule has 4 rings (SSSR count). The lowest BCUT2D eigenvalue weighted by molar-refractivity contribution is 0.0599. The second-order valence-corrected chi connectivity index (χ2v) is 7.92. The standard InChI is InChI=1S/C24H22ClN5O3/c1-14-22(15(2)30(29-14)13-17-6-4-5-7-19(17)24(32)33-3)26-23(31)21-12-20(27-28-21)16-8-10-18(25)11-9-16/h4-12H,13H2,1-3H3,(H,26,31)(H,27,28). The predicted molar refractivity (Wildman–Crippen MR) is 126 cm³/mol. The third-order valence-electron chi connectivity index (χ3n) is 5.33. The first-order valence-corrected chi connectivity index (χ1v) is 10.6. The van der Waals surface area contributed by atoms with Gasteiger partial charge in [0.25, 0.3) is 5.91 Å². The van der Waals surface area contributed by atoms with Crippen LogP contribution in [0.4, 0.5) is 5.69 Å². The van der Waals surface area contributed by atoms with Gasteiger partial charge in [-0.05, 0) is 43.7 Å². The Bertz CT molecular complexity index is 1320. The molecule has 33 heavy (non-hydrogen) atoms. The second-order valence-electron chi connectivity index (χ2n) is 7.48. The normalized spacial score (nSPS) is 10.8. The number of H-pyrrole nitrogens is 1. The molecule has 1 amide bonds. The average Bonchev–Trinajstić information content (AvgIpc) is 3.41. The van der Waals surface area contributed by atoms with Gasteiger partial charge in [0, 0.05) is 10.6 Å². The SMILES string of the molecule is COC(=O)c1ccccc1Cn1nc(C)c(NC(=O)c2cc(-c3ccc(Cl)cc3)n[nH]2)c1C. The summed E-state index contributed by atoms with van der Waals surface area (Å²) >= 11 is 5.94. The van der Waals surface area contributed by atoms with Crippen molar-refractivity contribution in [3.8, 4) is 11.3 Å². The molecule has 0 aliphatic heterocycles. The lowest BCUT2D eigenvalue weighted by atomic mass is 10.1. The molecule has 2 aromatic carbocycles. The van der Waals surface area contributed by atoms with E-state index in [2.05, 4.69) is 20.6 Å². The highest BCUT2D eigenvalue weighted by molar-refractivity contribution is 6.30. The van der Waals surface area contributed by atoms with Gasteiger partial charge < -0.3 is 10.1 Å². The number of aromatic nitrogens is 4. The van der Waals surface area contributed by atoms with Gasteiger partial charge in [0.2, 0.25) is 0 Å². The maximum atomic E-state index is 12.9. The van der Waals surface area contributed by atoms with Crippen LogP contribution >= 0.6 is 11.6 Å². The molecule has 0 atom stereocenters. The van der Waals surface area contributed by atoms with Crippen molar-refractivity contribution in [1.82, 2.24) is 20.0 Å². The minimum Gasteiger partial charge on any atom is -0.465 e. The van der Waals surface area contributed by atoms with Crippen molar-refractivity contribution < 1.29 is 14.3 Å². The fraction of sp³-hybridized carbons (Fsp3) is 0.167. The molecule has 2 N–H and O–H groups in total. The van der Waals surface area contributed by atoms with Crippen LogP contribution in [0.1, 0.15) is 37.8 Å². The summed E-state index contributed by atoms with van der Waals surface area (Å²) in [5.41, 5.74) is 5.09. The van der Waals surface area contributed by atoms with E-state index < -0.39 is 5.97 Å². The zero-order valence-electron chi connectivity index (χ0n) is 18.3. The number of benzene rings is 2. The quantitative estimate of drug-likeness (QED) is 0.406. The second kappa shape index (κ2) is 9.30. The van der Waals surface area contributed by atoms with Crippen LogP contribution in [0.2, 0.25) is 5.02 Å². The Hall–Kier alpha value is -3.91. The van der Waals surface area contributed by atoms with Crippen LogP contribution in [0.25, 0.3) is 11.3 Å². The summed E-state index contributed by atoms with van der Waals surface area (Å²) in [6, 6.07) is 16.1. The van der Waals surface area contributed by atoms with Gasteiger partial charge in [-0.2, -0.15) is 10.2 Å². The van der Waals surface area contributed by atoms with E-state index in [0.717, 1.165) is 16.8 Å². The van der Waals surface area contributed by atoms with Crippen molar-refractivity contribution in [2.24, 2.45) is 0 Å². The third kappa shape index (κ3) is 4.65. The minimum atomic E-state index is -0.406. The smallest absolute Gasteiger partial charge is 0.338 e. The highest BCUT2D eigenvalue weighted by Crippen LogP contribution is 2.24. The first-order chi connectivity index (χ1) is 15.9. The van der Waals surface area contributed by atoms with E-state index in [4.69, 9.17) is 16.3 Å². The highest BCUT2D eigenvalue weighted by Gasteiger charge is 2.19. The number of methoxy groups -OCH3 is 1. The largest absolute Gasteiger partial charge is 0.465 e. The number of carbonyl (C=O) groups is 2. The topological polar surface area (TPSA) is 102 Å². The number of rotatable bonds is 6. The summed E-state index contributed by atoms with van der Waals surface area (Å²) < 4.78 is 6.62. The van der Waals surface area contributed by atoms with Crippen LogP contribution in [-0.2, 0) is 11.3 Å². The fourth-order valence-corrected chi connectivity index (χ4v) is 3.67. The monoisotopic (exact) mass is 463 g/mol. The van der Waals surface area contributed by atoms with Crippen molar-refractivity contribution in [1.29, 1.82) is 0 Å². The van der Waals surface area contributed by atoms with Crippen LogP contribution in [0.3, 0.4) is 0 Å². The number of amides is 1. The molecular weight excluding hydrogens is 442 g/mol. The summed E-state index contributed by atoms with van der Waals surface area (Å²) in [5.74, 6) is -0.736. The van der Waals surface area contributed by atoms with Crippen LogP contribution in [0, 0.1) is 13.8 Å². The van der Waals surface area contributed by atoms with Crippen molar-refractivity contribution >= 4 is 29.2 Å². The molecule has 8 nitrogen and oxygen atoms in total. The summed E-state index contributed by atoms with van der Waals surface area (Å²) in [7, 11) is 1.35. The number of halogens is 1. The molecule has 0 saturated heterocycles. The van der Waals surface area contributed by atoms with Gasteiger partial charge in [0.05, 0.1) is 42.0 Å². The Morgan fingerprint density at radius 2 is 1.85 bits per heavy atom. The number of nitrogens with one attached hydrogen (secondary N) is 2. The molecule has 168 valence electrons. The Morgan fingerprint density at radius 1 is 1.12 bits per heavy atom. The van der Waals surface area contributed by atoms with E-state index in [0.29, 0.717) is 39.9 Å². The zero-order valence-corrected chi connectivity index (χ0v) is 19.1. The maximum absolute atomic E-state index is 12.9. The number of aromatic amines is 1. The molecule has 0 fully saturated rings. The average molecular weight is 464 g/mol. The van der Waals surface area contributed by atoms with Crippen molar-refractivity contribution in [3.63, 3.8) is 0 Å². The number of aryl methyl sites for hydroxylation is 1. The van der Waals surface area contributed by atoms with E-state index in [1.54, 1.807) is 35.0 Å². The molecule has 0 unspecified atom stereocenters. The number of anilines is 1. The molecule has 2 heterocycles. The summed E-state index contributed by atoms with van der Waals surface area (Å²) in [4.78, 5) is 24.9. The van der Waals surface area contributed by atoms with E-state index in [9.17, 15) is 9.59 Å². The molecular formula is C24H22ClN5O3. The number of nitrogens with zero attached hydrogens (tertiary/aromatic N) is 3. The lowest BCUT2D eigenvalue weighted by Gasteiger charge is -2.10. The number of carbonyl (C=O) groups excluding carboxylic acids is 2. The summed E-state index contributed by atoms with van der Waals surface area (Å²) in [6.45, 7) is 4.04. The van der Waals surface area contributed by atoms with Crippen molar-refractivity contribution in [3.05, 3.63) is 87.8 Å². The van der Waals surface area contributed by atoms with E-state index in [1.807, 2.05) is 38.1 Å². The van der Waals surface area contributed by atoms with Crippen LogP contribution in [0.5, 0.6) is 0 Å². The molecule has 9 heteroatoms. The van der Waals surface area contributed by atoms with Gasteiger partial charge in [-0.1, -0.05) is 41.9 Å². The first kappa shape index (κ1) is 22.3. The third-order valence-corrected chi connectivity index (χ3v) is 5.58. The molecule has 0 radical (unpaired) electrons. The van der Waals surface area contributed by atoms with Gasteiger partial charge in [-0.15, -0.1) is 0 Å². The Kier molecular flexibility index (Phi) is 6.28. The van der Waals surface area contributed by atoms with Crippen LogP contribution in [0.15, 0.2) is 54.6 Å². The molecule has 0 bridgehead atoms. The van der Waals surface area contributed by atoms with Gasteiger partial charge >= 0.3 is 5.97 Å². The first-order valence-electron chi connectivity index (χ1n) is 10.2. The molecule has 0 aliphatic rings. The van der Waals surface area contributed by atoms with Crippen LogP contribution < -0.4 is 5.32 Å². The van der Waals surface area contributed by atoms with Gasteiger partial charge in [0.15, 0.2) is 0 Å². The molecule has 4 aromatic rings. The lowest BCUT2D eigenvalue weighted by Crippen LogP contribution is -2.14. The van der Waals surface area contributed by atoms with Crippen LogP contribution in [-0.4, -0.2) is 39.0 Å². The number of hydrogen-bond donors (Lipinski definition) is 2. The van der Waals surface area contributed by atoms with Gasteiger partial charge in [-0.3, -0.25) is 14.6 Å². The molecule has 0 saturated carbocycles. The van der Waals surface area contributed by atoms with Gasteiger partial charge in [0.1, 0.15) is 5.69 Å². The minimum absolute atomic E-state index is 0.322. The van der Waals surface area contributed by atoms with Crippen molar-refractivity contribution in [2.45, 2.75) is 20.4 Å². The summed E-state index contributed by atoms with van der Waals surface area (Å²) in [5, 5.41) is 15.1. The number of ether oxygens (including phenoxy) is 1. The van der Waals surface area contributed by atoms with Crippen molar-refractivity contribution in [2.75, 3.05) is 12.4 Å². The number of esters is 1. The zero-order chi connectivity index (χ0) is 23.5. The van der Waals surface area contributed by atoms with E-state index in [-0.39, 0.29) is 5.91 Å². The van der Waals surface area contributed by atoms with E-state index >= 15 is 0 Å². The summed E-state index contributed by atoms with van der Waals surface area (Å²) in [6.07, 6.45) is 0. The number of hydrogen-bond acceptors (Lipinski definition) is 5. The molecule has 2 aromatic heterocycles. The molecule has 0 spiro atoms. The molecule has 0 aliphatic carbocycles. The van der Waals surface area contributed by atoms with E-state index in [1.165, 1.54) is 7.11 Å². The highest BCUT2D eigenvalue weighted by atomic mass is 35.5. The van der Waals surface area contributed by atoms with Gasteiger partial charge in [-0.25, -0.2) is 4.79 Å². The Balaban J connectivity index is 1.54. The maximum Gasteiger partial charge on any atom is 0.338 e. The predicted octanol–water partition coefficient (Wildman–Crippen LogP) is 4.63. The Labute approximate surface area is 195 Å².